The summed E-state index contributed by atoms with van der Waals surface area (Å²) in [6.07, 6.45) is 1.29. The molecule has 4 nitrogen and oxygen atoms in total. The van der Waals surface area contributed by atoms with E-state index in [1.807, 2.05) is 18.2 Å². The van der Waals surface area contributed by atoms with Gasteiger partial charge in [-0.1, -0.05) is 65.4 Å². The van der Waals surface area contributed by atoms with Crippen LogP contribution in [0.25, 0.3) is 11.1 Å². The first kappa shape index (κ1) is 16.5. The van der Waals surface area contributed by atoms with E-state index in [1.54, 1.807) is 16.9 Å². The van der Waals surface area contributed by atoms with Crippen molar-refractivity contribution in [1.29, 1.82) is 0 Å². The molecule has 0 radical (unpaired) electrons. The minimum absolute atomic E-state index is 0.0147. The Bertz CT molecular complexity index is 807. The zero-order valence-corrected chi connectivity index (χ0v) is 14.3. The molecule has 0 saturated carbocycles. The van der Waals surface area contributed by atoms with Crippen LogP contribution in [0.5, 0.6) is 0 Å². The van der Waals surface area contributed by atoms with Gasteiger partial charge in [0.05, 0.1) is 4.92 Å². The summed E-state index contributed by atoms with van der Waals surface area (Å²) in [6.45, 7) is 0. The van der Waals surface area contributed by atoms with Gasteiger partial charge in [0, 0.05) is 11.8 Å². The Hall–Kier alpha value is -2.31. The van der Waals surface area contributed by atoms with Crippen LogP contribution in [-0.4, -0.2) is 9.91 Å². The van der Waals surface area contributed by atoms with Gasteiger partial charge in [-0.25, -0.2) is 4.98 Å². The van der Waals surface area contributed by atoms with Crippen LogP contribution in [0.4, 0.5) is 5.69 Å². The molecule has 0 bridgehead atoms. The topological polar surface area (TPSA) is 56.0 Å². The quantitative estimate of drug-likeness (QED) is 0.328. The molecule has 0 unspecified atom stereocenters. The van der Waals surface area contributed by atoms with Gasteiger partial charge < -0.3 is 0 Å². The van der Waals surface area contributed by atoms with Crippen molar-refractivity contribution in [2.45, 2.75) is 10.8 Å². The van der Waals surface area contributed by atoms with E-state index in [2.05, 4.69) is 41.4 Å². The predicted molar refractivity (Wildman–Crippen MR) is 99.9 cm³/mol. The Morgan fingerprint density at radius 3 is 2.25 bits per heavy atom. The van der Waals surface area contributed by atoms with Crippen molar-refractivity contribution in [1.82, 2.24) is 4.98 Å². The Morgan fingerprint density at radius 1 is 0.917 bits per heavy atom. The van der Waals surface area contributed by atoms with Crippen molar-refractivity contribution in [3.63, 3.8) is 0 Å². The molecule has 0 N–H and O–H groups in total. The highest BCUT2D eigenvalue weighted by Crippen LogP contribution is 2.33. The highest BCUT2D eigenvalue weighted by atomic mass is 33.1. The highest BCUT2D eigenvalue weighted by Gasteiger charge is 2.06. The van der Waals surface area contributed by atoms with Crippen LogP contribution in [0.1, 0.15) is 5.56 Å². The van der Waals surface area contributed by atoms with Gasteiger partial charge in [-0.05, 0) is 33.6 Å². The zero-order valence-electron chi connectivity index (χ0n) is 12.7. The van der Waals surface area contributed by atoms with Crippen LogP contribution in [0.15, 0.2) is 78.0 Å². The fraction of sp³-hybridized carbons (Fsp3) is 0.0556. The largest absolute Gasteiger partial charge is 0.287 e. The molecule has 0 aliphatic heterocycles. The summed E-state index contributed by atoms with van der Waals surface area (Å²) in [5.41, 5.74) is 3.66. The summed E-state index contributed by atoms with van der Waals surface area (Å²) in [6, 6.07) is 21.9. The van der Waals surface area contributed by atoms with E-state index in [1.165, 1.54) is 39.7 Å². The molecule has 6 heteroatoms. The van der Waals surface area contributed by atoms with Gasteiger partial charge in [-0.2, -0.15) is 0 Å². The molecule has 120 valence electrons. The average molecular weight is 354 g/mol. The maximum Gasteiger partial charge on any atom is 0.287 e. The fourth-order valence-electron chi connectivity index (χ4n) is 2.11. The van der Waals surface area contributed by atoms with E-state index in [0.717, 1.165) is 10.8 Å². The van der Waals surface area contributed by atoms with Gasteiger partial charge in [-0.3, -0.25) is 10.1 Å². The normalized spacial score (nSPS) is 10.5. The molecular formula is C18H14N2O2S2. The van der Waals surface area contributed by atoms with Crippen molar-refractivity contribution in [2.24, 2.45) is 0 Å². The molecule has 0 fully saturated rings. The van der Waals surface area contributed by atoms with Crippen LogP contribution in [0.2, 0.25) is 0 Å². The van der Waals surface area contributed by atoms with Gasteiger partial charge in [0.25, 0.3) is 5.69 Å². The second-order valence-electron chi connectivity index (χ2n) is 5.02. The standard InChI is InChI=1S/C18H14N2O2S2/c21-20(22)17-10-11-18(19-12-17)24-23-13-14-6-8-16(9-7-14)15-4-2-1-3-5-15/h1-12H,13H2. The molecule has 3 rings (SSSR count). The van der Waals surface area contributed by atoms with E-state index >= 15 is 0 Å². The average Bonchev–Trinajstić information content (AvgIpc) is 2.63. The molecule has 2 aromatic carbocycles. The molecule has 0 spiro atoms. The molecule has 0 saturated heterocycles. The molecule has 1 aromatic heterocycles. The van der Waals surface area contributed by atoms with E-state index in [-0.39, 0.29) is 5.69 Å². The third-order valence-corrected chi connectivity index (χ3v) is 5.56. The second-order valence-corrected chi connectivity index (χ2v) is 7.34. The number of nitrogens with zero attached hydrogens (tertiary/aromatic N) is 2. The number of aromatic nitrogens is 1. The van der Waals surface area contributed by atoms with Gasteiger partial charge >= 0.3 is 0 Å². The summed E-state index contributed by atoms with van der Waals surface area (Å²) in [7, 11) is 3.18. The molecule has 0 aliphatic rings. The van der Waals surface area contributed by atoms with E-state index in [9.17, 15) is 10.1 Å². The molecule has 3 aromatic rings. The maximum atomic E-state index is 10.6. The number of hydrogen-bond donors (Lipinski definition) is 0. The number of benzene rings is 2. The number of rotatable bonds is 6. The third-order valence-electron chi connectivity index (χ3n) is 3.36. The van der Waals surface area contributed by atoms with Crippen LogP contribution in [-0.2, 0) is 5.75 Å². The van der Waals surface area contributed by atoms with Crippen molar-refractivity contribution in [3.8, 4) is 11.1 Å². The zero-order chi connectivity index (χ0) is 16.8. The Morgan fingerprint density at radius 2 is 1.62 bits per heavy atom. The lowest BCUT2D eigenvalue weighted by atomic mass is 10.0. The third kappa shape index (κ3) is 4.37. The van der Waals surface area contributed by atoms with Crippen LogP contribution in [0, 0.1) is 10.1 Å². The van der Waals surface area contributed by atoms with Crippen LogP contribution >= 0.6 is 21.6 Å². The lowest BCUT2D eigenvalue weighted by Gasteiger charge is -2.04. The SMILES string of the molecule is O=[N+]([O-])c1ccc(SSCc2ccc(-c3ccccc3)cc2)nc1. The Labute approximate surface area is 147 Å². The Kier molecular flexibility index (Phi) is 5.51. The van der Waals surface area contributed by atoms with Crippen LogP contribution < -0.4 is 0 Å². The first-order valence-corrected chi connectivity index (χ1v) is 9.58. The van der Waals surface area contributed by atoms with Gasteiger partial charge in [0.15, 0.2) is 0 Å². The number of nitro groups is 1. The number of hydrogen-bond acceptors (Lipinski definition) is 5. The van der Waals surface area contributed by atoms with Crippen molar-refractivity contribution >= 4 is 27.3 Å². The smallest absolute Gasteiger partial charge is 0.258 e. The summed E-state index contributed by atoms with van der Waals surface area (Å²) < 4.78 is 0. The molecule has 0 aliphatic carbocycles. The van der Waals surface area contributed by atoms with E-state index in [4.69, 9.17) is 0 Å². The first-order valence-electron chi connectivity index (χ1n) is 7.26. The van der Waals surface area contributed by atoms with E-state index in [0.29, 0.717) is 0 Å². The summed E-state index contributed by atoms with van der Waals surface area (Å²) in [5, 5.41) is 11.4. The van der Waals surface area contributed by atoms with Crippen molar-refractivity contribution in [2.75, 3.05) is 0 Å². The lowest BCUT2D eigenvalue weighted by Crippen LogP contribution is -1.88. The summed E-state index contributed by atoms with van der Waals surface area (Å²) in [4.78, 5) is 14.2. The minimum atomic E-state index is -0.442. The van der Waals surface area contributed by atoms with Gasteiger partial charge in [-0.15, -0.1) is 0 Å². The highest BCUT2D eigenvalue weighted by molar-refractivity contribution is 8.76. The molecule has 1 heterocycles. The second kappa shape index (κ2) is 7.99. The maximum absolute atomic E-state index is 10.6. The van der Waals surface area contributed by atoms with E-state index < -0.39 is 4.92 Å². The molecular weight excluding hydrogens is 340 g/mol. The van der Waals surface area contributed by atoms with Crippen molar-refractivity contribution < 1.29 is 4.92 Å². The lowest BCUT2D eigenvalue weighted by molar-refractivity contribution is -0.385. The minimum Gasteiger partial charge on any atom is -0.258 e. The summed E-state index contributed by atoms with van der Waals surface area (Å²) in [5.74, 6) is 0.846. The monoisotopic (exact) mass is 354 g/mol. The molecule has 0 atom stereocenters. The first-order chi connectivity index (χ1) is 11.7. The van der Waals surface area contributed by atoms with Crippen molar-refractivity contribution in [3.05, 3.63) is 88.6 Å². The molecule has 24 heavy (non-hydrogen) atoms. The Balaban J connectivity index is 1.54. The fourth-order valence-corrected chi connectivity index (χ4v) is 4.08. The summed E-state index contributed by atoms with van der Waals surface area (Å²) >= 11 is 0. The van der Waals surface area contributed by atoms with Crippen LogP contribution in [0.3, 0.4) is 0 Å². The predicted octanol–water partition coefficient (Wildman–Crippen LogP) is 5.60. The number of pyridine rings is 1. The van der Waals surface area contributed by atoms with Gasteiger partial charge in [0.2, 0.25) is 0 Å². The van der Waals surface area contributed by atoms with Gasteiger partial charge in [0.1, 0.15) is 11.2 Å². The molecule has 0 amide bonds.